The summed E-state index contributed by atoms with van der Waals surface area (Å²) in [5.74, 6) is 0. The molecule has 1 aromatic rings. The van der Waals surface area contributed by atoms with Gasteiger partial charge in [0.25, 0.3) is 0 Å². The SMILES string of the molecule is CCOC1CC(Nc2cnnc(Cl)c2)C1. The molecule has 0 amide bonds. The molecule has 5 heteroatoms. The number of nitrogens with one attached hydrogen (secondary N) is 1. The van der Waals surface area contributed by atoms with Crippen LogP contribution in [0.5, 0.6) is 0 Å². The number of anilines is 1. The van der Waals surface area contributed by atoms with Crippen molar-refractivity contribution in [2.75, 3.05) is 11.9 Å². The fraction of sp³-hybridized carbons (Fsp3) is 0.600. The summed E-state index contributed by atoms with van der Waals surface area (Å²) in [5, 5.41) is 11.2. The fourth-order valence-corrected chi connectivity index (χ4v) is 1.87. The van der Waals surface area contributed by atoms with E-state index in [0.29, 0.717) is 17.3 Å². The molecule has 82 valence electrons. The molecule has 0 spiro atoms. The van der Waals surface area contributed by atoms with Crippen molar-refractivity contribution in [2.24, 2.45) is 0 Å². The predicted octanol–water partition coefficient (Wildman–Crippen LogP) is 2.11. The van der Waals surface area contributed by atoms with Crippen LogP contribution in [0.3, 0.4) is 0 Å². The Kier molecular flexibility index (Phi) is 3.38. The quantitative estimate of drug-likeness (QED) is 0.856. The third kappa shape index (κ3) is 2.79. The highest BCUT2D eigenvalue weighted by molar-refractivity contribution is 6.29. The molecule has 1 heterocycles. The summed E-state index contributed by atoms with van der Waals surface area (Å²) in [4.78, 5) is 0. The molecule has 0 unspecified atom stereocenters. The van der Waals surface area contributed by atoms with Crippen molar-refractivity contribution in [3.05, 3.63) is 17.4 Å². The molecule has 1 N–H and O–H groups in total. The van der Waals surface area contributed by atoms with Gasteiger partial charge in [-0.1, -0.05) is 11.6 Å². The smallest absolute Gasteiger partial charge is 0.153 e. The van der Waals surface area contributed by atoms with Gasteiger partial charge in [0, 0.05) is 18.7 Å². The molecule has 1 saturated carbocycles. The summed E-state index contributed by atoms with van der Waals surface area (Å²) in [6, 6.07) is 2.25. The standard InChI is InChI=1S/C10H14ClN3O/c1-2-15-9-3-7(4-9)13-8-5-10(11)14-12-6-8/h5-7,9H,2-4H2,1H3,(H,13,14). The van der Waals surface area contributed by atoms with Crippen molar-refractivity contribution in [1.82, 2.24) is 10.2 Å². The third-order valence-electron chi connectivity index (χ3n) is 2.49. The van der Waals surface area contributed by atoms with Crippen molar-refractivity contribution in [1.29, 1.82) is 0 Å². The van der Waals surface area contributed by atoms with Gasteiger partial charge >= 0.3 is 0 Å². The minimum atomic E-state index is 0.415. The summed E-state index contributed by atoms with van der Waals surface area (Å²) >= 11 is 5.73. The minimum absolute atomic E-state index is 0.415. The summed E-state index contributed by atoms with van der Waals surface area (Å²) < 4.78 is 5.48. The normalized spacial score (nSPS) is 24.7. The zero-order chi connectivity index (χ0) is 10.7. The van der Waals surface area contributed by atoms with Gasteiger partial charge in [0.15, 0.2) is 5.15 Å². The molecule has 0 bridgehead atoms. The highest BCUT2D eigenvalue weighted by Crippen LogP contribution is 2.26. The van der Waals surface area contributed by atoms with Gasteiger partial charge in [0.05, 0.1) is 18.0 Å². The highest BCUT2D eigenvalue weighted by Gasteiger charge is 2.29. The molecule has 0 atom stereocenters. The number of aromatic nitrogens is 2. The lowest BCUT2D eigenvalue weighted by atomic mass is 9.89. The van der Waals surface area contributed by atoms with Crippen molar-refractivity contribution < 1.29 is 4.74 Å². The number of nitrogens with zero attached hydrogens (tertiary/aromatic N) is 2. The van der Waals surface area contributed by atoms with Crippen LogP contribution in [-0.4, -0.2) is 29.0 Å². The average Bonchev–Trinajstić information content (AvgIpc) is 2.15. The van der Waals surface area contributed by atoms with Crippen LogP contribution < -0.4 is 5.32 Å². The maximum absolute atomic E-state index is 5.73. The van der Waals surface area contributed by atoms with E-state index in [1.807, 2.05) is 6.92 Å². The van der Waals surface area contributed by atoms with E-state index in [-0.39, 0.29) is 0 Å². The second kappa shape index (κ2) is 4.77. The molecule has 0 aromatic carbocycles. The topological polar surface area (TPSA) is 47.0 Å². The van der Waals surface area contributed by atoms with Crippen LogP contribution in [0.2, 0.25) is 5.15 Å². The number of ether oxygens (including phenoxy) is 1. The highest BCUT2D eigenvalue weighted by atomic mass is 35.5. The molecule has 1 aliphatic carbocycles. The maximum Gasteiger partial charge on any atom is 0.153 e. The van der Waals surface area contributed by atoms with Crippen LogP contribution in [0.4, 0.5) is 5.69 Å². The van der Waals surface area contributed by atoms with E-state index in [0.717, 1.165) is 25.1 Å². The van der Waals surface area contributed by atoms with Gasteiger partial charge in [-0.15, -0.1) is 5.10 Å². The van der Waals surface area contributed by atoms with Crippen molar-refractivity contribution >= 4 is 17.3 Å². The molecule has 4 nitrogen and oxygen atoms in total. The van der Waals surface area contributed by atoms with E-state index < -0.39 is 0 Å². The van der Waals surface area contributed by atoms with E-state index >= 15 is 0 Å². The molecule has 15 heavy (non-hydrogen) atoms. The monoisotopic (exact) mass is 227 g/mol. The predicted molar refractivity (Wildman–Crippen MR) is 59.1 cm³/mol. The number of hydrogen-bond acceptors (Lipinski definition) is 4. The molecular weight excluding hydrogens is 214 g/mol. The largest absolute Gasteiger partial charge is 0.381 e. The van der Waals surface area contributed by atoms with E-state index in [2.05, 4.69) is 15.5 Å². The van der Waals surface area contributed by atoms with Gasteiger partial charge < -0.3 is 10.1 Å². The first-order valence-electron chi connectivity index (χ1n) is 5.14. The second-order valence-corrected chi connectivity index (χ2v) is 4.04. The van der Waals surface area contributed by atoms with Crippen LogP contribution in [0.1, 0.15) is 19.8 Å². The lowest BCUT2D eigenvalue weighted by Gasteiger charge is -2.35. The van der Waals surface area contributed by atoms with Gasteiger partial charge in [-0.2, -0.15) is 5.10 Å². The van der Waals surface area contributed by atoms with Crippen molar-refractivity contribution in [2.45, 2.75) is 31.9 Å². The Morgan fingerprint density at radius 1 is 1.60 bits per heavy atom. The average molecular weight is 228 g/mol. The van der Waals surface area contributed by atoms with Gasteiger partial charge in [0.2, 0.25) is 0 Å². The number of hydrogen-bond donors (Lipinski definition) is 1. The lowest BCUT2D eigenvalue weighted by molar-refractivity contribution is 0.00299. The molecule has 0 saturated heterocycles. The molecular formula is C10H14ClN3O. The molecule has 1 aliphatic rings. The van der Waals surface area contributed by atoms with Crippen LogP contribution in [0.15, 0.2) is 12.3 Å². The number of halogens is 1. The minimum Gasteiger partial charge on any atom is -0.381 e. The molecule has 1 aromatic heterocycles. The van der Waals surface area contributed by atoms with Gasteiger partial charge in [-0.05, 0) is 19.8 Å². The number of rotatable bonds is 4. The van der Waals surface area contributed by atoms with Gasteiger partial charge in [-0.25, -0.2) is 0 Å². The second-order valence-electron chi connectivity index (χ2n) is 3.66. The van der Waals surface area contributed by atoms with Crippen LogP contribution in [-0.2, 0) is 4.74 Å². The first-order chi connectivity index (χ1) is 7.28. The van der Waals surface area contributed by atoms with E-state index in [9.17, 15) is 0 Å². The Morgan fingerprint density at radius 3 is 3.07 bits per heavy atom. The Balaban J connectivity index is 1.80. The summed E-state index contributed by atoms with van der Waals surface area (Å²) in [6.07, 6.45) is 4.19. The van der Waals surface area contributed by atoms with Gasteiger partial charge in [0.1, 0.15) is 0 Å². The van der Waals surface area contributed by atoms with E-state index in [1.54, 1.807) is 12.3 Å². The van der Waals surface area contributed by atoms with Crippen LogP contribution >= 0.6 is 11.6 Å². The zero-order valence-electron chi connectivity index (χ0n) is 8.61. The molecule has 1 fully saturated rings. The van der Waals surface area contributed by atoms with Crippen molar-refractivity contribution in [3.63, 3.8) is 0 Å². The Morgan fingerprint density at radius 2 is 2.40 bits per heavy atom. The lowest BCUT2D eigenvalue weighted by Crippen LogP contribution is -2.40. The Labute approximate surface area is 94.0 Å². The Bertz CT molecular complexity index is 328. The zero-order valence-corrected chi connectivity index (χ0v) is 9.37. The van der Waals surface area contributed by atoms with Crippen LogP contribution in [0.25, 0.3) is 0 Å². The van der Waals surface area contributed by atoms with Crippen molar-refractivity contribution in [3.8, 4) is 0 Å². The van der Waals surface area contributed by atoms with E-state index in [4.69, 9.17) is 16.3 Å². The molecule has 0 radical (unpaired) electrons. The first kappa shape index (κ1) is 10.6. The summed E-state index contributed by atoms with van der Waals surface area (Å²) in [7, 11) is 0. The fourth-order valence-electron chi connectivity index (χ4n) is 1.71. The third-order valence-corrected chi connectivity index (χ3v) is 2.68. The summed E-state index contributed by atoms with van der Waals surface area (Å²) in [5.41, 5.74) is 0.926. The first-order valence-corrected chi connectivity index (χ1v) is 5.52. The van der Waals surface area contributed by atoms with Crippen LogP contribution in [0, 0.1) is 0 Å². The Hall–Kier alpha value is -0.870. The molecule has 0 aliphatic heterocycles. The van der Waals surface area contributed by atoms with Gasteiger partial charge in [-0.3, -0.25) is 0 Å². The maximum atomic E-state index is 5.73. The summed E-state index contributed by atoms with van der Waals surface area (Å²) in [6.45, 7) is 2.81. The van der Waals surface area contributed by atoms with E-state index in [1.165, 1.54) is 0 Å². The molecule has 2 rings (SSSR count).